The maximum absolute atomic E-state index is 13.1. The molecule has 168 valence electrons. The Kier molecular flexibility index (Phi) is 6.85. The Morgan fingerprint density at radius 3 is 2.72 bits per heavy atom. The highest BCUT2D eigenvalue weighted by atomic mass is 16.5. The zero-order chi connectivity index (χ0) is 22.5. The van der Waals surface area contributed by atoms with Crippen molar-refractivity contribution >= 4 is 5.91 Å². The summed E-state index contributed by atoms with van der Waals surface area (Å²) in [6, 6.07) is 14.2. The number of ether oxygens (including phenoxy) is 1. The lowest BCUT2D eigenvalue weighted by Crippen LogP contribution is -2.41. The average molecular weight is 434 g/mol. The number of amides is 1. The van der Waals surface area contributed by atoms with Gasteiger partial charge in [-0.3, -0.25) is 9.69 Å². The number of benzene rings is 1. The topological polar surface area (TPSA) is 72.3 Å². The molecule has 32 heavy (non-hydrogen) atoms. The summed E-state index contributed by atoms with van der Waals surface area (Å²) in [5.41, 5.74) is 2.74. The van der Waals surface area contributed by atoms with Crippen molar-refractivity contribution in [1.29, 1.82) is 0 Å². The molecule has 2 unspecified atom stereocenters. The Morgan fingerprint density at radius 2 is 2.03 bits per heavy atom. The number of nitrogens with one attached hydrogen (secondary N) is 1. The highest BCUT2D eigenvalue weighted by Crippen LogP contribution is 2.35. The van der Waals surface area contributed by atoms with Crippen molar-refractivity contribution < 1.29 is 9.53 Å². The van der Waals surface area contributed by atoms with E-state index in [9.17, 15) is 4.79 Å². The van der Waals surface area contributed by atoms with Crippen molar-refractivity contribution in [3.63, 3.8) is 0 Å². The first-order valence-electron chi connectivity index (χ1n) is 11.2. The number of aromatic nitrogens is 3. The summed E-state index contributed by atoms with van der Waals surface area (Å²) in [6.07, 6.45) is 6.28. The first kappa shape index (κ1) is 22.0. The van der Waals surface area contributed by atoms with E-state index in [1.165, 1.54) is 5.56 Å². The molecule has 1 aliphatic rings. The number of carbonyl (C=O) groups is 1. The third-order valence-electron chi connectivity index (χ3n) is 6.30. The lowest BCUT2D eigenvalue weighted by atomic mass is 9.85. The lowest BCUT2D eigenvalue weighted by Gasteiger charge is -2.39. The molecule has 0 spiro atoms. The fourth-order valence-corrected chi connectivity index (χ4v) is 4.70. The molecule has 1 amide bonds. The van der Waals surface area contributed by atoms with Crippen LogP contribution in [-0.2, 0) is 6.42 Å². The number of hydrogen-bond acceptors (Lipinski definition) is 5. The third-order valence-corrected chi connectivity index (χ3v) is 6.30. The van der Waals surface area contributed by atoms with Crippen LogP contribution in [0.25, 0.3) is 5.82 Å². The van der Waals surface area contributed by atoms with Crippen LogP contribution in [0.5, 0.6) is 5.75 Å². The second-order valence-corrected chi connectivity index (χ2v) is 8.27. The number of hydrogen-bond donors (Lipinski definition) is 1. The second kappa shape index (κ2) is 9.96. The number of nitrogens with zero attached hydrogens (tertiary/aromatic N) is 4. The van der Waals surface area contributed by atoms with Gasteiger partial charge in [0.05, 0.1) is 24.6 Å². The minimum atomic E-state index is -0.0780. The van der Waals surface area contributed by atoms with E-state index < -0.39 is 0 Å². The van der Waals surface area contributed by atoms with Gasteiger partial charge in [-0.1, -0.05) is 25.1 Å². The third kappa shape index (κ3) is 4.53. The molecule has 0 saturated carbocycles. The van der Waals surface area contributed by atoms with Gasteiger partial charge in [-0.05, 0) is 68.6 Å². The van der Waals surface area contributed by atoms with Gasteiger partial charge >= 0.3 is 0 Å². The Balaban J connectivity index is 1.49. The highest BCUT2D eigenvalue weighted by Gasteiger charge is 2.31. The van der Waals surface area contributed by atoms with E-state index in [0.717, 1.165) is 36.6 Å². The maximum Gasteiger partial charge on any atom is 0.254 e. The molecule has 1 aliphatic heterocycles. The largest absolute Gasteiger partial charge is 0.497 e. The zero-order valence-electron chi connectivity index (χ0n) is 19.0. The minimum Gasteiger partial charge on any atom is -0.497 e. The van der Waals surface area contributed by atoms with E-state index in [-0.39, 0.29) is 11.9 Å². The van der Waals surface area contributed by atoms with E-state index in [0.29, 0.717) is 24.4 Å². The smallest absolute Gasteiger partial charge is 0.254 e. The van der Waals surface area contributed by atoms with Crippen LogP contribution in [0, 0.1) is 5.92 Å². The average Bonchev–Trinajstić information content (AvgIpc) is 3.27. The fourth-order valence-electron chi connectivity index (χ4n) is 4.70. The first-order chi connectivity index (χ1) is 15.6. The van der Waals surface area contributed by atoms with Gasteiger partial charge in [0.15, 0.2) is 5.82 Å². The molecule has 7 nitrogen and oxygen atoms in total. The van der Waals surface area contributed by atoms with Crippen LogP contribution in [0.3, 0.4) is 0 Å². The zero-order valence-corrected chi connectivity index (χ0v) is 19.0. The summed E-state index contributed by atoms with van der Waals surface area (Å²) in [7, 11) is 3.84. The van der Waals surface area contributed by atoms with Crippen LogP contribution in [0.1, 0.15) is 47.4 Å². The number of rotatable bonds is 7. The molecule has 1 aromatic carbocycles. The van der Waals surface area contributed by atoms with E-state index in [4.69, 9.17) is 4.74 Å². The molecular formula is C25H31N5O2. The number of likely N-dealkylation sites (tertiary alicyclic amines) is 1. The number of carbonyl (C=O) groups excluding carboxylic acids is 1. The van der Waals surface area contributed by atoms with Gasteiger partial charge in [0, 0.05) is 18.8 Å². The molecule has 1 fully saturated rings. The van der Waals surface area contributed by atoms with Crippen molar-refractivity contribution in [3.8, 4) is 11.6 Å². The van der Waals surface area contributed by atoms with Crippen molar-refractivity contribution in [2.45, 2.75) is 32.2 Å². The molecule has 0 aliphatic carbocycles. The molecule has 0 bridgehead atoms. The summed E-state index contributed by atoms with van der Waals surface area (Å²) in [5.74, 6) is 1.83. The van der Waals surface area contributed by atoms with Crippen molar-refractivity contribution in [2.24, 2.45) is 5.92 Å². The Bertz CT molecular complexity index is 1030. The standard InChI is InChI=1S/C25H31N5O2/c1-4-22-21(17-28-30(22)23-9-5-6-14-26-23)25(31)27-16-19-8-7-15-29(2)24(19)18-10-12-20(32-3)13-11-18/h5-6,9-14,17,19,24H,4,7-8,15-16H2,1-3H3,(H,27,31). The monoisotopic (exact) mass is 433 g/mol. The van der Waals surface area contributed by atoms with Gasteiger partial charge in [0.1, 0.15) is 5.75 Å². The summed E-state index contributed by atoms with van der Waals surface area (Å²) in [4.78, 5) is 19.9. The molecule has 2 atom stereocenters. The molecule has 2 aromatic heterocycles. The molecule has 7 heteroatoms. The van der Waals surface area contributed by atoms with Gasteiger partial charge in [0.2, 0.25) is 0 Å². The van der Waals surface area contributed by atoms with E-state index in [1.54, 1.807) is 24.2 Å². The quantitative estimate of drug-likeness (QED) is 0.616. The second-order valence-electron chi connectivity index (χ2n) is 8.27. The van der Waals surface area contributed by atoms with Crippen molar-refractivity contribution in [1.82, 2.24) is 25.0 Å². The fraction of sp³-hybridized carbons (Fsp3) is 0.400. The molecular weight excluding hydrogens is 402 g/mol. The van der Waals surface area contributed by atoms with E-state index in [1.807, 2.05) is 37.3 Å². The molecule has 0 radical (unpaired) electrons. The Labute approximate surface area is 189 Å². The summed E-state index contributed by atoms with van der Waals surface area (Å²) >= 11 is 0. The van der Waals surface area contributed by atoms with Crippen LogP contribution in [-0.4, -0.2) is 52.8 Å². The van der Waals surface area contributed by atoms with E-state index >= 15 is 0 Å². The maximum atomic E-state index is 13.1. The molecule has 3 heterocycles. The van der Waals surface area contributed by atoms with Crippen LogP contribution in [0.4, 0.5) is 0 Å². The van der Waals surface area contributed by atoms with Gasteiger partial charge < -0.3 is 10.1 Å². The molecule has 1 saturated heterocycles. The lowest BCUT2D eigenvalue weighted by molar-refractivity contribution is 0.0890. The highest BCUT2D eigenvalue weighted by molar-refractivity contribution is 5.95. The van der Waals surface area contributed by atoms with Crippen LogP contribution in [0.2, 0.25) is 0 Å². The number of pyridine rings is 1. The molecule has 1 N–H and O–H groups in total. The van der Waals surface area contributed by atoms with Gasteiger partial charge in [-0.15, -0.1) is 0 Å². The summed E-state index contributed by atoms with van der Waals surface area (Å²) in [6.45, 7) is 3.71. The van der Waals surface area contributed by atoms with Gasteiger partial charge in [-0.25, -0.2) is 9.67 Å². The Morgan fingerprint density at radius 1 is 1.22 bits per heavy atom. The Hall–Kier alpha value is -3.19. The SMILES string of the molecule is CCc1c(C(=O)NCC2CCCN(C)C2c2ccc(OC)cc2)cnn1-c1ccccn1. The predicted molar refractivity (Wildman–Crippen MR) is 124 cm³/mol. The number of methoxy groups -OCH3 is 1. The summed E-state index contributed by atoms with van der Waals surface area (Å²) < 4.78 is 7.06. The van der Waals surface area contributed by atoms with Crippen LogP contribution in [0.15, 0.2) is 54.9 Å². The minimum absolute atomic E-state index is 0.0780. The van der Waals surface area contributed by atoms with Gasteiger partial charge in [-0.2, -0.15) is 5.10 Å². The van der Waals surface area contributed by atoms with Crippen molar-refractivity contribution in [3.05, 3.63) is 71.7 Å². The van der Waals surface area contributed by atoms with Crippen LogP contribution < -0.4 is 10.1 Å². The first-order valence-corrected chi connectivity index (χ1v) is 11.2. The molecule has 4 rings (SSSR count). The molecule has 3 aromatic rings. The van der Waals surface area contributed by atoms with E-state index in [2.05, 4.69) is 39.5 Å². The summed E-state index contributed by atoms with van der Waals surface area (Å²) in [5, 5.41) is 7.62. The van der Waals surface area contributed by atoms with Crippen molar-refractivity contribution in [2.75, 3.05) is 27.2 Å². The van der Waals surface area contributed by atoms with Crippen LogP contribution >= 0.6 is 0 Å². The normalized spacial score (nSPS) is 19.0. The van der Waals surface area contributed by atoms with Gasteiger partial charge in [0.25, 0.3) is 5.91 Å². The number of piperidine rings is 1. The predicted octanol–water partition coefficient (Wildman–Crippen LogP) is 3.65.